The Labute approximate surface area is 108 Å². The molecule has 0 aromatic heterocycles. The van der Waals surface area contributed by atoms with E-state index in [1.54, 1.807) is 29.2 Å². The van der Waals surface area contributed by atoms with Gasteiger partial charge in [-0.3, -0.25) is 4.79 Å². The molecule has 0 aliphatic rings. The molecule has 0 atom stereocenters. The van der Waals surface area contributed by atoms with E-state index in [4.69, 9.17) is 11.5 Å². The highest BCUT2D eigenvalue weighted by molar-refractivity contribution is 6.00. The first kappa shape index (κ1) is 14.1. The molecular weight excluding hydrogens is 226 g/mol. The Morgan fingerprint density at radius 2 is 2.00 bits per heavy atom. The second kappa shape index (κ2) is 5.12. The van der Waals surface area contributed by atoms with E-state index in [2.05, 4.69) is 6.58 Å². The third-order valence-corrected chi connectivity index (χ3v) is 2.67. The maximum absolute atomic E-state index is 12.5. The number of hydrogen-bond donors (Lipinski definition) is 2. The Balaban J connectivity index is 3.14. The van der Waals surface area contributed by atoms with Crippen LogP contribution in [0.25, 0.3) is 0 Å². The van der Waals surface area contributed by atoms with Gasteiger partial charge < -0.3 is 16.4 Å². The average molecular weight is 247 g/mol. The van der Waals surface area contributed by atoms with Gasteiger partial charge in [0.2, 0.25) is 0 Å². The SMILES string of the molecule is C=CCN(C(=O)c1ccc(N)cc1N)C(C)(C)C. The fraction of sp³-hybridized carbons (Fsp3) is 0.357. The Kier molecular flexibility index (Phi) is 4.01. The summed E-state index contributed by atoms with van der Waals surface area (Å²) in [5.74, 6) is -0.111. The van der Waals surface area contributed by atoms with Gasteiger partial charge >= 0.3 is 0 Å². The summed E-state index contributed by atoms with van der Waals surface area (Å²) in [6, 6.07) is 4.94. The van der Waals surface area contributed by atoms with E-state index in [0.717, 1.165) is 0 Å². The molecule has 0 bridgehead atoms. The van der Waals surface area contributed by atoms with Gasteiger partial charge in [0, 0.05) is 23.5 Å². The standard InChI is InChI=1S/C14H21N3O/c1-5-8-17(14(2,3)4)13(18)11-7-6-10(15)9-12(11)16/h5-7,9H,1,8,15-16H2,2-4H3. The minimum Gasteiger partial charge on any atom is -0.399 e. The molecule has 0 saturated carbocycles. The summed E-state index contributed by atoms with van der Waals surface area (Å²) in [5, 5.41) is 0. The summed E-state index contributed by atoms with van der Waals surface area (Å²) in [6.07, 6.45) is 1.71. The molecule has 0 heterocycles. The monoisotopic (exact) mass is 247 g/mol. The largest absolute Gasteiger partial charge is 0.399 e. The van der Waals surface area contributed by atoms with Crippen LogP contribution in [0.4, 0.5) is 11.4 Å². The van der Waals surface area contributed by atoms with Crippen LogP contribution in [0.3, 0.4) is 0 Å². The van der Waals surface area contributed by atoms with E-state index < -0.39 is 0 Å². The topological polar surface area (TPSA) is 72.3 Å². The van der Waals surface area contributed by atoms with Gasteiger partial charge in [-0.25, -0.2) is 0 Å². The van der Waals surface area contributed by atoms with Gasteiger partial charge in [0.25, 0.3) is 5.91 Å². The molecular formula is C14H21N3O. The van der Waals surface area contributed by atoms with Crippen molar-refractivity contribution in [2.45, 2.75) is 26.3 Å². The average Bonchev–Trinajstić information content (AvgIpc) is 2.23. The highest BCUT2D eigenvalue weighted by Gasteiger charge is 2.27. The predicted molar refractivity (Wildman–Crippen MR) is 76.3 cm³/mol. The summed E-state index contributed by atoms with van der Waals surface area (Å²) in [7, 11) is 0. The molecule has 1 rings (SSSR count). The minimum absolute atomic E-state index is 0.111. The molecule has 1 aromatic carbocycles. The number of nitrogens with two attached hydrogens (primary N) is 2. The zero-order valence-electron chi connectivity index (χ0n) is 11.2. The molecule has 0 aliphatic heterocycles. The molecule has 98 valence electrons. The third-order valence-electron chi connectivity index (χ3n) is 2.67. The number of rotatable bonds is 3. The van der Waals surface area contributed by atoms with E-state index >= 15 is 0 Å². The predicted octanol–water partition coefficient (Wildman–Crippen LogP) is 2.28. The van der Waals surface area contributed by atoms with Crippen molar-refractivity contribution in [3.8, 4) is 0 Å². The number of anilines is 2. The van der Waals surface area contributed by atoms with Gasteiger partial charge in [0.15, 0.2) is 0 Å². The van der Waals surface area contributed by atoms with Gasteiger partial charge in [-0.2, -0.15) is 0 Å². The van der Waals surface area contributed by atoms with Gasteiger partial charge in [-0.05, 0) is 39.0 Å². The number of amides is 1. The fourth-order valence-electron chi connectivity index (χ4n) is 1.71. The molecule has 4 N–H and O–H groups in total. The zero-order valence-corrected chi connectivity index (χ0v) is 11.2. The Bertz CT molecular complexity index is 461. The van der Waals surface area contributed by atoms with Crippen LogP contribution in [-0.4, -0.2) is 22.9 Å². The van der Waals surface area contributed by atoms with E-state index in [1.807, 2.05) is 20.8 Å². The smallest absolute Gasteiger partial charge is 0.256 e. The summed E-state index contributed by atoms with van der Waals surface area (Å²) in [5.41, 5.74) is 12.6. The van der Waals surface area contributed by atoms with E-state index in [0.29, 0.717) is 23.5 Å². The molecule has 0 fully saturated rings. The van der Waals surface area contributed by atoms with Crippen molar-refractivity contribution in [2.24, 2.45) is 0 Å². The minimum atomic E-state index is -0.293. The number of nitrogen functional groups attached to an aromatic ring is 2. The lowest BCUT2D eigenvalue weighted by atomic mass is 10.0. The first-order chi connectivity index (χ1) is 8.27. The fourth-order valence-corrected chi connectivity index (χ4v) is 1.71. The Morgan fingerprint density at radius 3 is 2.44 bits per heavy atom. The van der Waals surface area contributed by atoms with Crippen LogP contribution in [0.2, 0.25) is 0 Å². The first-order valence-corrected chi connectivity index (χ1v) is 5.85. The van der Waals surface area contributed by atoms with Crippen molar-refractivity contribution in [1.29, 1.82) is 0 Å². The van der Waals surface area contributed by atoms with Crippen LogP contribution in [0.15, 0.2) is 30.9 Å². The second-order valence-corrected chi connectivity index (χ2v) is 5.22. The molecule has 1 aromatic rings. The molecule has 0 saturated heterocycles. The molecule has 4 nitrogen and oxygen atoms in total. The zero-order chi connectivity index (χ0) is 13.9. The maximum atomic E-state index is 12.5. The van der Waals surface area contributed by atoms with Gasteiger partial charge in [0.05, 0.1) is 5.56 Å². The quantitative estimate of drug-likeness (QED) is 0.635. The molecule has 1 amide bonds. The molecule has 0 aliphatic carbocycles. The van der Waals surface area contributed by atoms with E-state index in [1.165, 1.54) is 0 Å². The highest BCUT2D eigenvalue weighted by atomic mass is 16.2. The molecule has 4 heteroatoms. The van der Waals surface area contributed by atoms with Crippen molar-refractivity contribution in [3.05, 3.63) is 36.4 Å². The Morgan fingerprint density at radius 1 is 1.39 bits per heavy atom. The highest BCUT2D eigenvalue weighted by Crippen LogP contribution is 2.22. The molecule has 0 radical (unpaired) electrons. The van der Waals surface area contributed by atoms with Crippen molar-refractivity contribution in [3.63, 3.8) is 0 Å². The van der Waals surface area contributed by atoms with Crippen LogP contribution in [0, 0.1) is 0 Å². The van der Waals surface area contributed by atoms with Gasteiger partial charge in [-0.15, -0.1) is 6.58 Å². The Hall–Kier alpha value is -1.97. The van der Waals surface area contributed by atoms with Crippen molar-refractivity contribution in [1.82, 2.24) is 4.90 Å². The normalized spacial score (nSPS) is 11.1. The van der Waals surface area contributed by atoms with Crippen molar-refractivity contribution >= 4 is 17.3 Å². The van der Waals surface area contributed by atoms with Gasteiger partial charge in [0.1, 0.15) is 0 Å². The van der Waals surface area contributed by atoms with Crippen molar-refractivity contribution < 1.29 is 4.79 Å². The first-order valence-electron chi connectivity index (χ1n) is 5.85. The molecule has 18 heavy (non-hydrogen) atoms. The van der Waals surface area contributed by atoms with E-state index in [-0.39, 0.29) is 11.4 Å². The lowest BCUT2D eigenvalue weighted by molar-refractivity contribution is 0.0618. The summed E-state index contributed by atoms with van der Waals surface area (Å²) >= 11 is 0. The number of carbonyl (C=O) groups is 1. The van der Waals surface area contributed by atoms with E-state index in [9.17, 15) is 4.79 Å². The second-order valence-electron chi connectivity index (χ2n) is 5.22. The van der Waals surface area contributed by atoms with Crippen LogP contribution < -0.4 is 11.5 Å². The van der Waals surface area contributed by atoms with Crippen molar-refractivity contribution in [2.75, 3.05) is 18.0 Å². The summed E-state index contributed by atoms with van der Waals surface area (Å²) in [6.45, 7) is 10.1. The number of nitrogens with zero attached hydrogens (tertiary/aromatic N) is 1. The van der Waals surface area contributed by atoms with Crippen LogP contribution in [0.5, 0.6) is 0 Å². The summed E-state index contributed by atoms with van der Waals surface area (Å²) in [4.78, 5) is 14.2. The molecule has 0 unspecified atom stereocenters. The number of hydrogen-bond acceptors (Lipinski definition) is 3. The summed E-state index contributed by atoms with van der Waals surface area (Å²) < 4.78 is 0. The lowest BCUT2D eigenvalue weighted by Crippen LogP contribution is -2.45. The van der Waals surface area contributed by atoms with Crippen LogP contribution >= 0.6 is 0 Å². The number of benzene rings is 1. The van der Waals surface area contributed by atoms with Gasteiger partial charge in [-0.1, -0.05) is 6.08 Å². The third kappa shape index (κ3) is 3.03. The van der Waals surface area contributed by atoms with Crippen LogP contribution in [0.1, 0.15) is 31.1 Å². The molecule has 0 spiro atoms. The number of carbonyl (C=O) groups excluding carboxylic acids is 1. The maximum Gasteiger partial charge on any atom is 0.256 e. The van der Waals surface area contributed by atoms with Crippen LogP contribution in [-0.2, 0) is 0 Å². The lowest BCUT2D eigenvalue weighted by Gasteiger charge is -2.35.